The molecule has 19 heavy (non-hydrogen) atoms. The predicted molar refractivity (Wildman–Crippen MR) is 69.6 cm³/mol. The number of carbonyl (C=O) groups is 1. The Labute approximate surface area is 114 Å². The summed E-state index contributed by atoms with van der Waals surface area (Å²) in [5.74, 6) is 0.950. The number of rotatable bonds is 4. The third-order valence-electron chi connectivity index (χ3n) is 2.53. The van der Waals surface area contributed by atoms with Gasteiger partial charge in [0.2, 0.25) is 5.89 Å². The smallest absolute Gasteiger partial charge is 0.317 e. The van der Waals surface area contributed by atoms with E-state index in [1.165, 1.54) is 11.3 Å². The second kappa shape index (κ2) is 5.79. The largest absolute Gasteiger partial charge is 0.337 e. The standard InChI is InChI=1S/C11H15N5O2S/c1-7-9(19-6-13-7)5-16(3)11(17)12-4-10-14-8(2)15-18-10/h6H,4-5H2,1-3H3,(H,12,17). The summed E-state index contributed by atoms with van der Waals surface area (Å²) in [5.41, 5.74) is 2.73. The molecule has 1 N–H and O–H groups in total. The molecule has 2 amide bonds. The van der Waals surface area contributed by atoms with Crippen LogP contribution in [0.15, 0.2) is 10.0 Å². The third-order valence-corrected chi connectivity index (χ3v) is 3.45. The molecule has 0 aliphatic rings. The van der Waals surface area contributed by atoms with Crippen LogP contribution in [0.3, 0.4) is 0 Å². The van der Waals surface area contributed by atoms with E-state index in [9.17, 15) is 4.79 Å². The van der Waals surface area contributed by atoms with Crippen LogP contribution >= 0.6 is 11.3 Å². The summed E-state index contributed by atoms with van der Waals surface area (Å²) in [5, 5.41) is 6.37. The minimum atomic E-state index is -0.191. The van der Waals surface area contributed by atoms with Gasteiger partial charge in [0.25, 0.3) is 0 Å². The SMILES string of the molecule is Cc1noc(CNC(=O)N(C)Cc2scnc2C)n1. The molecule has 7 nitrogen and oxygen atoms in total. The average Bonchev–Trinajstić information content (AvgIpc) is 2.96. The van der Waals surface area contributed by atoms with E-state index in [0.717, 1.165) is 10.6 Å². The van der Waals surface area contributed by atoms with Gasteiger partial charge in [0.05, 0.1) is 24.3 Å². The zero-order valence-corrected chi connectivity index (χ0v) is 11.8. The number of nitrogens with zero attached hydrogens (tertiary/aromatic N) is 4. The highest BCUT2D eigenvalue weighted by Gasteiger charge is 2.12. The maximum Gasteiger partial charge on any atom is 0.317 e. The number of thiazole rings is 1. The van der Waals surface area contributed by atoms with Crippen LogP contribution in [0.4, 0.5) is 4.79 Å². The van der Waals surface area contributed by atoms with E-state index >= 15 is 0 Å². The van der Waals surface area contributed by atoms with Gasteiger partial charge in [0.15, 0.2) is 5.82 Å². The number of carbonyl (C=O) groups excluding carboxylic acids is 1. The molecule has 0 unspecified atom stereocenters. The Morgan fingerprint density at radius 1 is 1.53 bits per heavy atom. The first kappa shape index (κ1) is 13.5. The van der Waals surface area contributed by atoms with Gasteiger partial charge in [-0.3, -0.25) is 0 Å². The normalized spacial score (nSPS) is 10.5. The van der Waals surface area contributed by atoms with E-state index in [4.69, 9.17) is 4.52 Å². The van der Waals surface area contributed by atoms with Gasteiger partial charge in [-0.05, 0) is 13.8 Å². The third kappa shape index (κ3) is 3.50. The first-order valence-electron chi connectivity index (χ1n) is 5.73. The lowest BCUT2D eigenvalue weighted by Gasteiger charge is -2.16. The molecule has 2 aromatic rings. The van der Waals surface area contributed by atoms with Gasteiger partial charge < -0.3 is 14.7 Å². The van der Waals surface area contributed by atoms with E-state index in [1.807, 2.05) is 6.92 Å². The van der Waals surface area contributed by atoms with Crippen LogP contribution in [-0.4, -0.2) is 33.1 Å². The highest BCUT2D eigenvalue weighted by Crippen LogP contribution is 2.14. The van der Waals surface area contributed by atoms with Crippen molar-refractivity contribution in [2.45, 2.75) is 26.9 Å². The zero-order valence-electron chi connectivity index (χ0n) is 11.0. The quantitative estimate of drug-likeness (QED) is 0.917. The van der Waals surface area contributed by atoms with Gasteiger partial charge in [0.1, 0.15) is 0 Å². The minimum absolute atomic E-state index is 0.191. The molecule has 8 heteroatoms. The number of aromatic nitrogens is 3. The van der Waals surface area contributed by atoms with Crippen molar-refractivity contribution >= 4 is 17.4 Å². The molecule has 0 saturated heterocycles. The summed E-state index contributed by atoms with van der Waals surface area (Å²) in [4.78, 5) is 22.7. The van der Waals surface area contributed by atoms with E-state index in [1.54, 1.807) is 24.4 Å². The van der Waals surface area contributed by atoms with Gasteiger partial charge in [-0.1, -0.05) is 5.16 Å². The van der Waals surface area contributed by atoms with Crippen molar-refractivity contribution in [3.05, 3.63) is 27.8 Å². The highest BCUT2D eigenvalue weighted by atomic mass is 32.1. The van der Waals surface area contributed by atoms with Gasteiger partial charge in [-0.2, -0.15) is 4.98 Å². The molecule has 2 aromatic heterocycles. The lowest BCUT2D eigenvalue weighted by molar-refractivity contribution is 0.205. The lowest BCUT2D eigenvalue weighted by Crippen LogP contribution is -2.36. The number of urea groups is 1. The van der Waals surface area contributed by atoms with Crippen molar-refractivity contribution in [3.63, 3.8) is 0 Å². The van der Waals surface area contributed by atoms with Crippen LogP contribution in [0.2, 0.25) is 0 Å². The average molecular weight is 281 g/mol. The highest BCUT2D eigenvalue weighted by molar-refractivity contribution is 7.09. The van der Waals surface area contributed by atoms with Crippen LogP contribution in [0, 0.1) is 13.8 Å². The summed E-state index contributed by atoms with van der Waals surface area (Å²) < 4.78 is 4.92. The fourth-order valence-corrected chi connectivity index (χ4v) is 2.29. The van der Waals surface area contributed by atoms with Crippen LogP contribution < -0.4 is 5.32 Å². The topological polar surface area (TPSA) is 84.2 Å². The number of amides is 2. The Morgan fingerprint density at radius 2 is 2.32 bits per heavy atom. The van der Waals surface area contributed by atoms with E-state index < -0.39 is 0 Å². The molecule has 0 fully saturated rings. The summed E-state index contributed by atoms with van der Waals surface area (Å²) in [6.07, 6.45) is 0. The first-order chi connectivity index (χ1) is 9.06. The van der Waals surface area contributed by atoms with Crippen molar-refractivity contribution in [2.75, 3.05) is 7.05 Å². The van der Waals surface area contributed by atoms with Gasteiger partial charge in [-0.25, -0.2) is 9.78 Å². The number of hydrogen-bond donors (Lipinski definition) is 1. The fraction of sp³-hybridized carbons (Fsp3) is 0.455. The fourth-order valence-electron chi connectivity index (χ4n) is 1.46. The Kier molecular flexibility index (Phi) is 4.10. The molecule has 0 radical (unpaired) electrons. The maximum absolute atomic E-state index is 11.9. The van der Waals surface area contributed by atoms with Crippen molar-refractivity contribution in [1.29, 1.82) is 0 Å². The Hall–Kier alpha value is -1.96. The molecular weight excluding hydrogens is 266 g/mol. The summed E-state index contributed by atoms with van der Waals surface area (Å²) >= 11 is 1.54. The Morgan fingerprint density at radius 3 is 2.89 bits per heavy atom. The van der Waals surface area contributed by atoms with E-state index in [2.05, 4.69) is 20.4 Å². The number of nitrogens with one attached hydrogen (secondary N) is 1. The Balaban J connectivity index is 1.84. The van der Waals surface area contributed by atoms with E-state index in [-0.39, 0.29) is 12.6 Å². The van der Waals surface area contributed by atoms with Crippen molar-refractivity contribution in [1.82, 2.24) is 25.3 Å². The van der Waals surface area contributed by atoms with Crippen LogP contribution in [0.1, 0.15) is 22.3 Å². The first-order valence-corrected chi connectivity index (χ1v) is 6.61. The van der Waals surface area contributed by atoms with Gasteiger partial charge in [-0.15, -0.1) is 11.3 Å². The van der Waals surface area contributed by atoms with Crippen LogP contribution in [-0.2, 0) is 13.1 Å². The predicted octanol–water partition coefficient (Wildman–Crippen LogP) is 1.48. The van der Waals surface area contributed by atoms with Crippen LogP contribution in [0.5, 0.6) is 0 Å². The molecule has 0 aliphatic carbocycles. The van der Waals surface area contributed by atoms with Crippen molar-refractivity contribution in [3.8, 4) is 0 Å². The molecular formula is C11H15N5O2S. The Bertz CT molecular complexity index is 565. The maximum atomic E-state index is 11.9. The molecule has 0 saturated carbocycles. The number of aryl methyl sites for hydroxylation is 2. The van der Waals surface area contributed by atoms with E-state index in [0.29, 0.717) is 18.3 Å². The molecule has 102 valence electrons. The second-order valence-corrected chi connectivity index (χ2v) is 5.05. The lowest BCUT2D eigenvalue weighted by atomic mass is 10.4. The van der Waals surface area contributed by atoms with Crippen LogP contribution in [0.25, 0.3) is 0 Å². The summed E-state index contributed by atoms with van der Waals surface area (Å²) in [6.45, 7) is 4.42. The molecule has 2 heterocycles. The summed E-state index contributed by atoms with van der Waals surface area (Å²) in [6, 6.07) is -0.191. The molecule has 0 aliphatic heterocycles. The molecule has 0 bridgehead atoms. The van der Waals surface area contributed by atoms with Crippen molar-refractivity contribution < 1.29 is 9.32 Å². The van der Waals surface area contributed by atoms with Crippen molar-refractivity contribution in [2.24, 2.45) is 0 Å². The molecule has 0 atom stereocenters. The monoisotopic (exact) mass is 281 g/mol. The van der Waals surface area contributed by atoms with Gasteiger partial charge >= 0.3 is 6.03 Å². The van der Waals surface area contributed by atoms with Gasteiger partial charge in [0, 0.05) is 11.9 Å². The summed E-state index contributed by atoms with van der Waals surface area (Å²) in [7, 11) is 1.73. The second-order valence-electron chi connectivity index (χ2n) is 4.11. The molecule has 2 rings (SSSR count). The zero-order chi connectivity index (χ0) is 13.8. The number of hydrogen-bond acceptors (Lipinski definition) is 6. The molecule has 0 spiro atoms. The molecule has 0 aromatic carbocycles. The minimum Gasteiger partial charge on any atom is -0.337 e.